The van der Waals surface area contributed by atoms with Crippen LogP contribution in [0.25, 0.3) is 0 Å². The van der Waals surface area contributed by atoms with Crippen LogP contribution in [-0.2, 0) is 0 Å². The molecule has 0 aliphatic rings. The summed E-state index contributed by atoms with van der Waals surface area (Å²) in [6.07, 6.45) is -4.68. The average molecular weight is 380 g/mol. The Kier molecular flexibility index (Phi) is 5.29. The fourth-order valence-electron chi connectivity index (χ4n) is 2.00. The molecular weight excluding hydrogens is 367 g/mol. The van der Waals surface area contributed by atoms with Gasteiger partial charge in [0.2, 0.25) is 0 Å². The molecule has 0 bridgehead atoms. The number of thiophene rings is 1. The maximum absolute atomic E-state index is 12.3. The summed E-state index contributed by atoms with van der Waals surface area (Å²) in [7, 11) is 0. The van der Waals surface area contributed by atoms with Gasteiger partial charge in [-0.15, -0.1) is 24.5 Å². The lowest BCUT2D eigenvalue weighted by Gasteiger charge is -2.18. The first-order chi connectivity index (χ1) is 9.89. The van der Waals surface area contributed by atoms with Crippen molar-refractivity contribution in [2.45, 2.75) is 19.3 Å². The molecule has 1 heterocycles. The Balaban J connectivity index is 2.30. The molecule has 0 amide bonds. The molecule has 114 valence electrons. The van der Waals surface area contributed by atoms with Crippen molar-refractivity contribution in [3.63, 3.8) is 0 Å². The van der Waals surface area contributed by atoms with E-state index in [1.165, 1.54) is 23.5 Å². The Labute approximate surface area is 133 Å². The minimum atomic E-state index is -4.68. The van der Waals surface area contributed by atoms with Crippen LogP contribution in [0.4, 0.5) is 13.2 Å². The highest BCUT2D eigenvalue weighted by Crippen LogP contribution is 2.32. The predicted molar refractivity (Wildman–Crippen MR) is 80.7 cm³/mol. The Morgan fingerprint density at radius 1 is 1.29 bits per heavy atom. The fraction of sp³-hybridized carbons (Fsp3) is 0.286. The zero-order valence-electron chi connectivity index (χ0n) is 11.1. The first-order valence-electron chi connectivity index (χ1n) is 6.22. The van der Waals surface area contributed by atoms with Crippen LogP contribution < -0.4 is 10.1 Å². The molecule has 0 aliphatic heterocycles. The number of hydrogen-bond donors (Lipinski definition) is 1. The van der Waals surface area contributed by atoms with Crippen LogP contribution in [-0.4, -0.2) is 12.9 Å². The lowest BCUT2D eigenvalue weighted by atomic mass is 10.0. The van der Waals surface area contributed by atoms with Crippen molar-refractivity contribution in [2.75, 3.05) is 6.54 Å². The third-order valence-corrected chi connectivity index (χ3v) is 4.28. The molecule has 1 aromatic heterocycles. The van der Waals surface area contributed by atoms with Crippen molar-refractivity contribution in [1.29, 1.82) is 0 Å². The molecule has 7 heteroatoms. The van der Waals surface area contributed by atoms with Crippen molar-refractivity contribution < 1.29 is 17.9 Å². The van der Waals surface area contributed by atoms with Crippen molar-refractivity contribution in [3.05, 3.63) is 50.6 Å². The van der Waals surface area contributed by atoms with Crippen LogP contribution in [0.2, 0.25) is 0 Å². The van der Waals surface area contributed by atoms with Gasteiger partial charge in [0.05, 0.1) is 9.83 Å². The number of hydrogen-bond acceptors (Lipinski definition) is 3. The molecule has 0 fully saturated rings. The van der Waals surface area contributed by atoms with Gasteiger partial charge in [0.15, 0.2) is 0 Å². The van der Waals surface area contributed by atoms with Crippen molar-refractivity contribution in [1.82, 2.24) is 5.32 Å². The molecule has 2 aromatic rings. The van der Waals surface area contributed by atoms with Gasteiger partial charge in [-0.05, 0) is 57.2 Å². The minimum absolute atomic E-state index is 0.172. The number of nitrogens with one attached hydrogen (secondary N) is 1. The summed E-state index contributed by atoms with van der Waals surface area (Å²) in [6.45, 7) is 2.65. The summed E-state index contributed by atoms with van der Waals surface area (Å²) in [6, 6.07) is 7.82. The van der Waals surface area contributed by atoms with Crippen LogP contribution in [0.5, 0.6) is 5.75 Å². The first-order valence-corrected chi connectivity index (χ1v) is 7.89. The number of halogens is 4. The van der Waals surface area contributed by atoms with Crippen LogP contribution in [0.3, 0.4) is 0 Å². The van der Waals surface area contributed by atoms with Crippen molar-refractivity contribution in [3.8, 4) is 5.75 Å². The van der Waals surface area contributed by atoms with Gasteiger partial charge in [0, 0.05) is 0 Å². The first kappa shape index (κ1) is 16.3. The van der Waals surface area contributed by atoms with Gasteiger partial charge in [-0.2, -0.15) is 0 Å². The van der Waals surface area contributed by atoms with Crippen LogP contribution in [0.15, 0.2) is 39.5 Å². The highest BCUT2D eigenvalue weighted by atomic mass is 79.9. The lowest BCUT2D eigenvalue weighted by molar-refractivity contribution is -0.274. The molecule has 1 N–H and O–H groups in total. The molecule has 0 aliphatic carbocycles. The van der Waals surface area contributed by atoms with E-state index in [0.29, 0.717) is 6.54 Å². The van der Waals surface area contributed by atoms with E-state index in [1.807, 2.05) is 18.4 Å². The van der Waals surface area contributed by atoms with E-state index in [0.717, 1.165) is 14.9 Å². The molecule has 1 unspecified atom stereocenters. The Morgan fingerprint density at radius 2 is 2.05 bits per heavy atom. The predicted octanol–water partition coefficient (Wildman–Crippen LogP) is 5.11. The summed E-state index contributed by atoms with van der Waals surface area (Å²) >= 11 is 4.93. The normalized spacial score (nSPS) is 13.2. The van der Waals surface area contributed by atoms with Gasteiger partial charge >= 0.3 is 6.36 Å². The SMILES string of the molecule is CCNC(c1cccc(OC(F)(F)F)c1)c1csc(Br)c1. The summed E-state index contributed by atoms with van der Waals surface area (Å²) in [5, 5.41) is 5.23. The minimum Gasteiger partial charge on any atom is -0.406 e. The van der Waals surface area contributed by atoms with Gasteiger partial charge in [0.1, 0.15) is 5.75 Å². The van der Waals surface area contributed by atoms with Gasteiger partial charge < -0.3 is 10.1 Å². The van der Waals surface area contributed by atoms with E-state index in [4.69, 9.17) is 0 Å². The Morgan fingerprint density at radius 3 is 2.62 bits per heavy atom. The average Bonchev–Trinajstić information content (AvgIpc) is 2.80. The van der Waals surface area contributed by atoms with Crippen LogP contribution in [0, 0.1) is 0 Å². The highest BCUT2D eigenvalue weighted by Gasteiger charge is 2.31. The number of alkyl halides is 3. The van der Waals surface area contributed by atoms with Crippen molar-refractivity contribution in [2.24, 2.45) is 0 Å². The maximum atomic E-state index is 12.3. The maximum Gasteiger partial charge on any atom is 0.573 e. The van der Waals surface area contributed by atoms with E-state index in [1.54, 1.807) is 12.1 Å². The second kappa shape index (κ2) is 6.81. The zero-order chi connectivity index (χ0) is 15.5. The Hall–Kier alpha value is -1.05. The molecule has 2 rings (SSSR count). The molecule has 0 spiro atoms. The molecule has 21 heavy (non-hydrogen) atoms. The van der Waals surface area contributed by atoms with Crippen LogP contribution >= 0.6 is 27.3 Å². The largest absolute Gasteiger partial charge is 0.573 e. The second-order valence-electron chi connectivity index (χ2n) is 4.30. The van der Waals surface area contributed by atoms with Gasteiger partial charge in [-0.1, -0.05) is 19.1 Å². The van der Waals surface area contributed by atoms with Crippen molar-refractivity contribution >= 4 is 27.3 Å². The molecule has 0 saturated heterocycles. The van der Waals surface area contributed by atoms with E-state index >= 15 is 0 Å². The van der Waals surface area contributed by atoms with E-state index < -0.39 is 6.36 Å². The standard InChI is InChI=1S/C14H13BrF3NOS/c1-2-19-13(10-7-12(15)21-8-10)9-4-3-5-11(6-9)20-14(16,17)18/h3-8,13,19H,2H2,1H3. The topological polar surface area (TPSA) is 21.3 Å². The molecule has 1 aromatic carbocycles. The quantitative estimate of drug-likeness (QED) is 0.779. The summed E-state index contributed by atoms with van der Waals surface area (Å²) in [5.74, 6) is -0.211. The third-order valence-electron chi connectivity index (χ3n) is 2.75. The zero-order valence-corrected chi connectivity index (χ0v) is 13.5. The van der Waals surface area contributed by atoms with Gasteiger partial charge in [0.25, 0.3) is 0 Å². The monoisotopic (exact) mass is 379 g/mol. The fourth-order valence-corrected chi connectivity index (χ4v) is 3.20. The molecule has 0 saturated carbocycles. The molecule has 1 atom stereocenters. The van der Waals surface area contributed by atoms with Crippen LogP contribution in [0.1, 0.15) is 24.1 Å². The number of ether oxygens (including phenoxy) is 1. The Bertz CT molecular complexity index is 600. The van der Waals surface area contributed by atoms with E-state index in [2.05, 4.69) is 26.0 Å². The highest BCUT2D eigenvalue weighted by molar-refractivity contribution is 9.11. The number of benzene rings is 1. The van der Waals surface area contributed by atoms with Gasteiger partial charge in [-0.3, -0.25) is 0 Å². The number of rotatable bonds is 5. The third kappa shape index (κ3) is 4.72. The van der Waals surface area contributed by atoms with E-state index in [9.17, 15) is 13.2 Å². The summed E-state index contributed by atoms with van der Waals surface area (Å²) < 4.78 is 41.9. The second-order valence-corrected chi connectivity index (χ2v) is 6.59. The molecule has 0 radical (unpaired) electrons. The smallest absolute Gasteiger partial charge is 0.406 e. The van der Waals surface area contributed by atoms with E-state index in [-0.39, 0.29) is 11.8 Å². The molecular formula is C14H13BrF3NOS. The lowest BCUT2D eigenvalue weighted by Crippen LogP contribution is -2.22. The van der Waals surface area contributed by atoms with Gasteiger partial charge in [-0.25, -0.2) is 0 Å². The summed E-state index contributed by atoms with van der Waals surface area (Å²) in [4.78, 5) is 0. The molecule has 2 nitrogen and oxygen atoms in total. The summed E-state index contributed by atoms with van der Waals surface area (Å²) in [5.41, 5.74) is 1.72.